The van der Waals surface area contributed by atoms with E-state index >= 15 is 0 Å². The van der Waals surface area contributed by atoms with Crippen molar-refractivity contribution < 1.29 is 0 Å². The number of anilines is 3. The van der Waals surface area contributed by atoms with Crippen molar-refractivity contribution >= 4 is 49.4 Å². The summed E-state index contributed by atoms with van der Waals surface area (Å²) in [6.45, 7) is 0. The van der Waals surface area contributed by atoms with E-state index in [-0.39, 0.29) is 0 Å². The minimum Gasteiger partial charge on any atom is -0.310 e. The van der Waals surface area contributed by atoms with E-state index in [4.69, 9.17) is 0 Å². The van der Waals surface area contributed by atoms with Gasteiger partial charge < -0.3 is 4.90 Å². The lowest BCUT2D eigenvalue weighted by molar-refractivity contribution is 0.768. The Morgan fingerprint density at radius 3 is 1.47 bits per heavy atom. The van der Waals surface area contributed by atoms with E-state index in [0.29, 0.717) is 0 Å². The number of hydrogen-bond donors (Lipinski definition) is 0. The van der Waals surface area contributed by atoms with Crippen molar-refractivity contribution in [1.82, 2.24) is 0 Å². The van der Waals surface area contributed by atoms with Crippen LogP contribution in [0.1, 0.15) is 22.3 Å². The predicted molar refractivity (Wildman–Crippen MR) is 262 cm³/mol. The van der Waals surface area contributed by atoms with Crippen molar-refractivity contribution in [2.45, 2.75) is 5.41 Å². The van der Waals surface area contributed by atoms with E-state index < -0.39 is 5.41 Å². The smallest absolute Gasteiger partial charge is 0.0714 e. The maximum Gasteiger partial charge on any atom is 0.0714 e. The fourth-order valence-electron chi connectivity index (χ4n) is 10.4. The minimum absolute atomic E-state index is 0.505. The van der Waals surface area contributed by atoms with Crippen LogP contribution < -0.4 is 4.90 Å². The van der Waals surface area contributed by atoms with Crippen molar-refractivity contribution in [3.05, 3.63) is 271 Å². The summed E-state index contributed by atoms with van der Waals surface area (Å²) < 4.78 is 0. The molecule has 290 valence electrons. The molecule has 62 heavy (non-hydrogen) atoms. The molecule has 0 saturated heterocycles. The third kappa shape index (κ3) is 5.56. The summed E-state index contributed by atoms with van der Waals surface area (Å²) in [7, 11) is 0. The normalized spacial score (nSPS) is 12.6. The van der Waals surface area contributed by atoms with Crippen LogP contribution in [0, 0.1) is 0 Å². The Balaban J connectivity index is 1.08. The second-order valence-electron chi connectivity index (χ2n) is 16.4. The van der Waals surface area contributed by atoms with Crippen molar-refractivity contribution in [2.75, 3.05) is 4.90 Å². The lowest BCUT2D eigenvalue weighted by atomic mass is 9.68. The highest BCUT2D eigenvalue weighted by molar-refractivity contribution is 6.14. The lowest BCUT2D eigenvalue weighted by Gasteiger charge is -2.34. The zero-order valence-corrected chi connectivity index (χ0v) is 34.1. The first kappa shape index (κ1) is 35.9. The van der Waals surface area contributed by atoms with Gasteiger partial charge in [0.25, 0.3) is 0 Å². The molecule has 0 aliphatic heterocycles. The second-order valence-corrected chi connectivity index (χ2v) is 16.4. The zero-order valence-electron chi connectivity index (χ0n) is 34.1. The lowest BCUT2D eigenvalue weighted by Crippen LogP contribution is -2.28. The van der Waals surface area contributed by atoms with E-state index in [1.807, 2.05) is 0 Å². The molecular formula is C61H41N. The van der Waals surface area contributed by atoms with E-state index in [9.17, 15) is 0 Å². The van der Waals surface area contributed by atoms with Crippen LogP contribution >= 0.6 is 0 Å². The molecule has 11 aromatic carbocycles. The fraction of sp³-hybridized carbons (Fsp3) is 0.0164. The van der Waals surface area contributed by atoms with Crippen molar-refractivity contribution in [3.63, 3.8) is 0 Å². The summed E-state index contributed by atoms with van der Waals surface area (Å²) in [6, 6.07) is 91.6. The molecular weight excluding hydrogens is 747 g/mol. The van der Waals surface area contributed by atoms with Crippen molar-refractivity contribution in [1.29, 1.82) is 0 Å². The summed E-state index contributed by atoms with van der Waals surface area (Å²) in [5.74, 6) is 0. The molecule has 0 aromatic heterocycles. The van der Waals surface area contributed by atoms with Gasteiger partial charge in [-0.1, -0.05) is 212 Å². The van der Waals surface area contributed by atoms with Gasteiger partial charge in [0.1, 0.15) is 0 Å². The molecule has 12 rings (SSSR count). The van der Waals surface area contributed by atoms with Gasteiger partial charge in [0.2, 0.25) is 0 Å². The molecule has 0 N–H and O–H groups in total. The van der Waals surface area contributed by atoms with Gasteiger partial charge in [0.15, 0.2) is 0 Å². The van der Waals surface area contributed by atoms with Crippen molar-refractivity contribution in [3.8, 4) is 33.4 Å². The van der Waals surface area contributed by atoms with Crippen molar-refractivity contribution in [2.24, 2.45) is 0 Å². The Morgan fingerprint density at radius 2 is 0.774 bits per heavy atom. The standard InChI is InChI=1S/C61H41N/c1-3-20-46(21-4-1)61(47-22-5-2-6-23-47)57-30-14-13-28-55(57)60-58(61)31-16-32-59(60)62(48-37-33-43(34-38-48)51-29-15-19-42-17-7-9-24-50(42)51)49-39-35-44(36-40-49)56-41-45-18-8-10-25-52(45)53-26-11-12-27-54(53)56/h1-41H. The maximum absolute atomic E-state index is 2.47. The SMILES string of the molecule is c1ccc(C2(c3ccccc3)c3ccccc3-c3c(N(c4ccc(-c5cccc6ccccc56)cc4)c4ccc(-c5cc6ccccc6c6ccccc56)cc4)cccc32)cc1. The van der Waals surface area contributed by atoms with Gasteiger partial charge in [0.05, 0.1) is 11.1 Å². The summed E-state index contributed by atoms with van der Waals surface area (Å²) in [6.07, 6.45) is 0. The third-order valence-corrected chi connectivity index (χ3v) is 13.1. The fourth-order valence-corrected chi connectivity index (χ4v) is 10.4. The average Bonchev–Trinajstić information content (AvgIpc) is 3.66. The first-order chi connectivity index (χ1) is 30.8. The Bertz CT molecular complexity index is 3400. The molecule has 1 aliphatic rings. The van der Waals surface area contributed by atoms with Gasteiger partial charge in [-0.2, -0.15) is 0 Å². The first-order valence-corrected chi connectivity index (χ1v) is 21.5. The molecule has 1 nitrogen and oxygen atoms in total. The molecule has 1 aliphatic carbocycles. The Kier molecular flexibility index (Phi) is 8.47. The van der Waals surface area contributed by atoms with Crippen LogP contribution in [0.5, 0.6) is 0 Å². The average molecular weight is 788 g/mol. The van der Waals surface area contributed by atoms with Crippen LogP contribution in [-0.2, 0) is 5.41 Å². The van der Waals surface area contributed by atoms with Gasteiger partial charge in [0, 0.05) is 16.9 Å². The number of benzene rings is 11. The maximum atomic E-state index is 2.47. The minimum atomic E-state index is -0.505. The molecule has 1 heteroatoms. The van der Waals surface area contributed by atoms with Crippen LogP contribution in [0.2, 0.25) is 0 Å². The summed E-state index contributed by atoms with van der Waals surface area (Å²) in [4.78, 5) is 2.47. The molecule has 0 unspecified atom stereocenters. The summed E-state index contributed by atoms with van der Waals surface area (Å²) in [5.41, 5.74) is 15.3. The predicted octanol–water partition coefficient (Wildman–Crippen LogP) is 16.3. The Morgan fingerprint density at radius 1 is 0.290 bits per heavy atom. The molecule has 0 spiro atoms. The number of fused-ring (bicyclic) bond motifs is 7. The highest BCUT2D eigenvalue weighted by Gasteiger charge is 2.47. The van der Waals surface area contributed by atoms with Gasteiger partial charge in [-0.3, -0.25) is 0 Å². The molecule has 0 fully saturated rings. The molecule has 0 amide bonds. The molecule has 0 bridgehead atoms. The van der Waals surface area contributed by atoms with Crippen LogP contribution in [0.3, 0.4) is 0 Å². The number of rotatable bonds is 7. The van der Waals surface area contributed by atoms with E-state index in [1.165, 1.54) is 88.0 Å². The van der Waals surface area contributed by atoms with Crippen LogP contribution in [0.15, 0.2) is 249 Å². The molecule has 11 aromatic rings. The Labute approximate surface area is 362 Å². The van der Waals surface area contributed by atoms with Crippen LogP contribution in [0.25, 0.3) is 65.7 Å². The Hall–Kier alpha value is -8.00. The van der Waals surface area contributed by atoms with E-state index in [0.717, 1.165) is 17.1 Å². The summed E-state index contributed by atoms with van der Waals surface area (Å²) >= 11 is 0. The van der Waals surface area contributed by atoms with E-state index in [2.05, 4.69) is 254 Å². The zero-order chi connectivity index (χ0) is 41.0. The topological polar surface area (TPSA) is 3.24 Å². The number of hydrogen-bond acceptors (Lipinski definition) is 1. The largest absolute Gasteiger partial charge is 0.310 e. The monoisotopic (exact) mass is 787 g/mol. The second kappa shape index (κ2) is 14.6. The van der Waals surface area contributed by atoms with E-state index in [1.54, 1.807) is 0 Å². The molecule has 0 heterocycles. The van der Waals surface area contributed by atoms with Gasteiger partial charge >= 0.3 is 0 Å². The molecule has 0 radical (unpaired) electrons. The van der Waals surface area contributed by atoms with Crippen LogP contribution in [-0.4, -0.2) is 0 Å². The number of nitrogens with zero attached hydrogens (tertiary/aromatic N) is 1. The molecule has 0 atom stereocenters. The first-order valence-electron chi connectivity index (χ1n) is 21.5. The summed E-state index contributed by atoms with van der Waals surface area (Å²) in [5, 5.41) is 7.56. The third-order valence-electron chi connectivity index (χ3n) is 13.1. The molecule has 0 saturated carbocycles. The highest BCUT2D eigenvalue weighted by Crippen LogP contribution is 2.59. The van der Waals surface area contributed by atoms with Gasteiger partial charge in [-0.15, -0.1) is 0 Å². The quantitative estimate of drug-likeness (QED) is 0.145. The van der Waals surface area contributed by atoms with Crippen LogP contribution in [0.4, 0.5) is 17.1 Å². The van der Waals surface area contributed by atoms with Gasteiger partial charge in [-0.25, -0.2) is 0 Å². The van der Waals surface area contributed by atoms with Gasteiger partial charge in [-0.05, 0) is 119 Å². The highest BCUT2D eigenvalue weighted by atomic mass is 15.1.